The lowest BCUT2D eigenvalue weighted by atomic mass is 9.85. The summed E-state index contributed by atoms with van der Waals surface area (Å²) in [5, 5.41) is 64.3. The topological polar surface area (TPSA) is 232 Å². The van der Waals surface area contributed by atoms with Crippen LogP contribution < -0.4 is 10.6 Å². The van der Waals surface area contributed by atoms with Gasteiger partial charge in [0.1, 0.15) is 54.7 Å². The van der Waals surface area contributed by atoms with Crippen molar-refractivity contribution in [1.82, 2.24) is 10.6 Å². The highest BCUT2D eigenvalue weighted by Crippen LogP contribution is 2.28. The van der Waals surface area contributed by atoms with Crippen molar-refractivity contribution >= 4 is 31.5 Å². The van der Waals surface area contributed by atoms with E-state index in [-0.39, 0.29) is 17.9 Å². The van der Waals surface area contributed by atoms with Crippen molar-refractivity contribution in [2.45, 2.75) is 68.3 Å². The van der Waals surface area contributed by atoms with Crippen molar-refractivity contribution in [3.05, 3.63) is 12.0 Å². The number of carbonyl (C=O) groups is 2. The molecule has 2 amide bonds. The number of rotatable bonds is 8. The second kappa shape index (κ2) is 11.2. The first-order valence-electron chi connectivity index (χ1n) is 9.72. The van der Waals surface area contributed by atoms with Crippen LogP contribution in [0.2, 0.25) is 0 Å². The molecular formula is C17H28N2O12S2. The summed E-state index contributed by atoms with van der Waals surface area (Å²) in [4.78, 5) is 24.2. The van der Waals surface area contributed by atoms with Crippen LogP contribution in [0.3, 0.4) is 0 Å². The largest absolute Gasteiger partial charge is 0.509 e. The minimum atomic E-state index is -3.52. The third-order valence-corrected chi connectivity index (χ3v) is 7.52. The number of hydrogen-bond acceptors (Lipinski definition) is 13. The van der Waals surface area contributed by atoms with E-state index in [1.165, 1.54) is 0 Å². The molecule has 0 aromatic heterocycles. The van der Waals surface area contributed by atoms with Crippen molar-refractivity contribution in [1.29, 1.82) is 0 Å². The highest BCUT2D eigenvalue weighted by Gasteiger charge is 2.50. The van der Waals surface area contributed by atoms with Crippen LogP contribution in [0.1, 0.15) is 13.3 Å². The molecule has 0 bridgehead atoms. The summed E-state index contributed by atoms with van der Waals surface area (Å²) >= 11 is 0. The molecule has 0 spiro atoms. The Morgan fingerprint density at radius 3 is 2.21 bits per heavy atom. The first-order valence-corrected chi connectivity index (χ1v) is 13.1. The molecule has 1 heterocycles. The average Bonchev–Trinajstić information content (AvgIpc) is 2.71. The standard InChI is InChI=1S/C17H28N2O12S2/c1-6(20)18-9(5-32-33(2,28)29)16(27)19-8-3-7(21)4-30-17(8)31-15-13(25)11(23)10(22)12(24)14(15)26/h4,8-15,17,21-26H,3,5H2,1-2H3,(H,18,20)(H,19,27)/t8?,9?,10?,11-,12?,13?,14-,15?,17?/m1/s1. The van der Waals surface area contributed by atoms with Crippen molar-refractivity contribution in [2.24, 2.45) is 0 Å². The summed E-state index contributed by atoms with van der Waals surface area (Å²) in [7, 11) is -3.09. The van der Waals surface area contributed by atoms with E-state index in [1.54, 1.807) is 0 Å². The Morgan fingerprint density at radius 1 is 1.15 bits per heavy atom. The second-order valence-electron chi connectivity index (χ2n) is 7.73. The smallest absolute Gasteiger partial charge is 0.243 e. The predicted molar refractivity (Wildman–Crippen MR) is 112 cm³/mol. The fourth-order valence-electron chi connectivity index (χ4n) is 3.27. The van der Waals surface area contributed by atoms with Crippen LogP contribution in [-0.4, -0.2) is 118 Å². The van der Waals surface area contributed by atoms with E-state index in [0.29, 0.717) is 10.8 Å². The zero-order chi connectivity index (χ0) is 25.1. The van der Waals surface area contributed by atoms with Crippen LogP contribution in [0, 0.1) is 0 Å². The first kappa shape index (κ1) is 27.6. The van der Waals surface area contributed by atoms with E-state index in [4.69, 9.17) is 9.47 Å². The van der Waals surface area contributed by atoms with Crippen molar-refractivity contribution in [3.63, 3.8) is 0 Å². The molecule has 8 N–H and O–H groups in total. The van der Waals surface area contributed by atoms with E-state index in [0.717, 1.165) is 19.4 Å². The van der Waals surface area contributed by atoms with E-state index < -0.39 is 75.7 Å². The van der Waals surface area contributed by atoms with E-state index in [2.05, 4.69) is 10.6 Å². The molecule has 0 aromatic rings. The fraction of sp³-hybridized carbons (Fsp3) is 0.765. The van der Waals surface area contributed by atoms with E-state index in [1.807, 2.05) is 0 Å². The summed E-state index contributed by atoms with van der Waals surface area (Å²) in [6.07, 6.45) is -10.7. The lowest BCUT2D eigenvalue weighted by Crippen LogP contribution is -2.66. The highest BCUT2D eigenvalue weighted by molar-refractivity contribution is 8.71. The summed E-state index contributed by atoms with van der Waals surface area (Å²) < 4.78 is 33.5. The lowest BCUT2D eigenvalue weighted by molar-refractivity contribution is -0.274. The molecule has 16 heteroatoms. The maximum atomic E-state index is 12.7. The van der Waals surface area contributed by atoms with Gasteiger partial charge in [-0.1, -0.05) is 0 Å². The van der Waals surface area contributed by atoms with Crippen LogP contribution in [-0.2, 0) is 27.9 Å². The molecule has 0 aromatic carbocycles. The number of carbonyl (C=O) groups excluding carboxylic acids is 2. The predicted octanol–water partition coefficient (Wildman–Crippen LogP) is -3.98. The molecule has 0 radical (unpaired) electrons. The number of aliphatic hydroxyl groups excluding tert-OH is 6. The Balaban J connectivity index is 2.16. The molecule has 1 aliphatic heterocycles. The minimum Gasteiger partial charge on any atom is -0.509 e. The Kier molecular flexibility index (Phi) is 9.34. The maximum Gasteiger partial charge on any atom is 0.243 e. The van der Waals surface area contributed by atoms with Crippen LogP contribution in [0.4, 0.5) is 0 Å². The molecule has 1 fully saturated rings. The van der Waals surface area contributed by atoms with Crippen LogP contribution in [0.5, 0.6) is 0 Å². The second-order valence-corrected chi connectivity index (χ2v) is 12.2. The molecule has 1 saturated carbocycles. The minimum absolute atomic E-state index is 0.241. The fourth-order valence-corrected chi connectivity index (χ4v) is 5.04. The Labute approximate surface area is 192 Å². The van der Waals surface area contributed by atoms with Crippen molar-refractivity contribution in [2.75, 3.05) is 12.0 Å². The molecule has 2 aliphatic rings. The average molecular weight is 517 g/mol. The monoisotopic (exact) mass is 516 g/mol. The SMILES string of the molecule is CC(=O)NC(CSS(C)(=O)=O)C(=O)NC1CC(O)=COC1OC1C(O)[C@H](O)C(O)C(O)[C@H]1O. The number of nitrogens with one attached hydrogen (secondary N) is 2. The number of ether oxygens (including phenoxy) is 2. The van der Waals surface area contributed by atoms with Gasteiger partial charge in [-0.05, 0) is 10.8 Å². The zero-order valence-corrected chi connectivity index (χ0v) is 19.3. The van der Waals surface area contributed by atoms with Gasteiger partial charge in [-0.3, -0.25) is 9.59 Å². The third-order valence-electron chi connectivity index (χ3n) is 4.93. The normalized spacial score (nSPS) is 35.7. The summed E-state index contributed by atoms with van der Waals surface area (Å²) in [6.45, 7) is 1.13. The van der Waals surface area contributed by atoms with Gasteiger partial charge in [-0.2, -0.15) is 0 Å². The molecule has 9 atom stereocenters. The van der Waals surface area contributed by atoms with Crippen LogP contribution >= 0.6 is 10.8 Å². The number of hydrogen-bond donors (Lipinski definition) is 8. The van der Waals surface area contributed by atoms with Gasteiger partial charge in [0.25, 0.3) is 0 Å². The quantitative estimate of drug-likeness (QED) is 0.144. The Hall–Kier alpha value is -1.66. The van der Waals surface area contributed by atoms with Crippen LogP contribution in [0.25, 0.3) is 0 Å². The molecule has 0 saturated heterocycles. The van der Waals surface area contributed by atoms with Gasteiger partial charge in [0.05, 0.1) is 6.04 Å². The van der Waals surface area contributed by atoms with Crippen molar-refractivity contribution < 1.29 is 58.1 Å². The van der Waals surface area contributed by atoms with Crippen molar-refractivity contribution in [3.8, 4) is 0 Å². The summed E-state index contributed by atoms with van der Waals surface area (Å²) in [6, 6.07) is -2.43. The maximum absolute atomic E-state index is 12.7. The molecule has 7 unspecified atom stereocenters. The molecule has 1 aliphatic carbocycles. The van der Waals surface area contributed by atoms with E-state index >= 15 is 0 Å². The number of aliphatic hydroxyl groups is 6. The van der Waals surface area contributed by atoms with Gasteiger partial charge in [0.15, 0.2) is 8.87 Å². The molecule has 2 rings (SSSR count). The highest BCUT2D eigenvalue weighted by atomic mass is 33.1. The van der Waals surface area contributed by atoms with Gasteiger partial charge in [-0.25, -0.2) is 8.42 Å². The van der Waals surface area contributed by atoms with E-state index in [9.17, 15) is 48.6 Å². The summed E-state index contributed by atoms with van der Waals surface area (Å²) in [5.41, 5.74) is 0. The van der Waals surface area contributed by atoms with Gasteiger partial charge in [0, 0.05) is 25.4 Å². The van der Waals surface area contributed by atoms with Gasteiger partial charge in [-0.15, -0.1) is 0 Å². The van der Waals surface area contributed by atoms with Gasteiger partial charge >= 0.3 is 0 Å². The zero-order valence-electron chi connectivity index (χ0n) is 17.6. The number of amides is 2. The van der Waals surface area contributed by atoms with Gasteiger partial charge < -0.3 is 50.7 Å². The molecular weight excluding hydrogens is 488 g/mol. The lowest BCUT2D eigenvalue weighted by Gasteiger charge is -2.43. The molecule has 14 nitrogen and oxygen atoms in total. The first-order chi connectivity index (χ1) is 15.2. The third kappa shape index (κ3) is 7.41. The molecule has 190 valence electrons. The Bertz CT molecular complexity index is 837. The molecule has 33 heavy (non-hydrogen) atoms. The Morgan fingerprint density at radius 2 is 1.70 bits per heavy atom. The van der Waals surface area contributed by atoms with Gasteiger partial charge in [0.2, 0.25) is 18.1 Å². The van der Waals surface area contributed by atoms with Crippen LogP contribution in [0.15, 0.2) is 12.0 Å². The summed E-state index contributed by atoms with van der Waals surface area (Å²) in [5.74, 6) is -2.06.